The number of nitrogens with one attached hydrogen (secondary N) is 2. The largest absolute Gasteiger partial charge is 0.472 e. The van der Waals surface area contributed by atoms with Crippen molar-refractivity contribution in [3.8, 4) is 0 Å². The predicted octanol–water partition coefficient (Wildman–Crippen LogP) is 6.12. The Morgan fingerprint density at radius 1 is 1.03 bits per heavy atom. The Hall–Kier alpha value is -3.59. The second-order valence-electron chi connectivity index (χ2n) is 8.92. The van der Waals surface area contributed by atoms with Crippen molar-refractivity contribution >= 4 is 23.1 Å². The summed E-state index contributed by atoms with van der Waals surface area (Å²) in [6.07, 6.45) is 0.405. The van der Waals surface area contributed by atoms with Crippen molar-refractivity contribution in [2.24, 2.45) is 5.41 Å². The number of benzene rings is 2. The average Bonchev–Trinajstić information content (AvgIpc) is 3.56. The Morgan fingerprint density at radius 2 is 1.81 bits per heavy atom. The molecule has 1 aromatic heterocycles. The van der Waals surface area contributed by atoms with Gasteiger partial charge >= 0.3 is 6.18 Å². The molecule has 2 N–H and O–H groups in total. The number of furan rings is 1. The van der Waals surface area contributed by atoms with Crippen molar-refractivity contribution in [3.63, 3.8) is 0 Å². The molecule has 36 heavy (non-hydrogen) atoms. The summed E-state index contributed by atoms with van der Waals surface area (Å²) >= 11 is 0. The third kappa shape index (κ3) is 6.15. The standard InChI is InChI=1S/C27H27F3N2O4/c28-27(29,30)22-4-1-2-5-23(22)32-21-9-7-19(8-10-21)16-31-25(34)26(13-15-36-18-26)12-3-6-24(33)20-11-14-35-17-20/h1-2,4-5,7-11,14,17,32H,3,6,12-13,15-16,18H2,(H,31,34). The van der Waals surface area contributed by atoms with E-state index >= 15 is 0 Å². The van der Waals surface area contributed by atoms with E-state index in [1.54, 1.807) is 30.3 Å². The molecule has 1 fully saturated rings. The highest BCUT2D eigenvalue weighted by Crippen LogP contribution is 2.36. The lowest BCUT2D eigenvalue weighted by atomic mass is 9.80. The first kappa shape index (κ1) is 25.5. The van der Waals surface area contributed by atoms with Crippen LogP contribution in [-0.2, 0) is 22.3 Å². The number of amides is 1. The van der Waals surface area contributed by atoms with Gasteiger partial charge in [-0.05, 0) is 55.2 Å². The minimum absolute atomic E-state index is 0.0234. The van der Waals surface area contributed by atoms with E-state index in [9.17, 15) is 22.8 Å². The van der Waals surface area contributed by atoms with Crippen LogP contribution in [0.3, 0.4) is 0 Å². The van der Waals surface area contributed by atoms with Gasteiger partial charge in [0.15, 0.2) is 5.78 Å². The summed E-state index contributed by atoms with van der Waals surface area (Å²) in [5.74, 6) is -0.151. The quantitative estimate of drug-likeness (QED) is 0.328. The predicted molar refractivity (Wildman–Crippen MR) is 128 cm³/mol. The van der Waals surface area contributed by atoms with E-state index in [2.05, 4.69) is 10.6 Å². The Kier molecular flexibility index (Phi) is 7.79. The number of hydrogen-bond donors (Lipinski definition) is 2. The number of hydrogen-bond acceptors (Lipinski definition) is 5. The van der Waals surface area contributed by atoms with E-state index in [1.165, 1.54) is 30.7 Å². The van der Waals surface area contributed by atoms with Crippen LogP contribution in [0, 0.1) is 5.41 Å². The van der Waals surface area contributed by atoms with Crippen LogP contribution in [0.2, 0.25) is 0 Å². The van der Waals surface area contributed by atoms with Gasteiger partial charge in [-0.2, -0.15) is 13.2 Å². The molecule has 1 saturated heterocycles. The molecule has 1 aliphatic rings. The van der Waals surface area contributed by atoms with Crippen LogP contribution in [0.5, 0.6) is 0 Å². The number of rotatable bonds is 10. The fourth-order valence-electron chi connectivity index (χ4n) is 4.32. The Balaban J connectivity index is 1.32. The molecule has 3 aromatic rings. The van der Waals surface area contributed by atoms with Crippen LogP contribution in [0.4, 0.5) is 24.5 Å². The smallest absolute Gasteiger partial charge is 0.418 e. The monoisotopic (exact) mass is 500 g/mol. The number of alkyl halides is 3. The summed E-state index contributed by atoms with van der Waals surface area (Å²) in [4.78, 5) is 25.3. The fraction of sp³-hybridized carbons (Fsp3) is 0.333. The zero-order chi connectivity index (χ0) is 25.6. The third-order valence-electron chi connectivity index (χ3n) is 6.41. The first-order chi connectivity index (χ1) is 17.3. The molecule has 1 amide bonds. The van der Waals surface area contributed by atoms with E-state index in [4.69, 9.17) is 9.15 Å². The van der Waals surface area contributed by atoms with Gasteiger partial charge in [0.2, 0.25) is 5.91 Å². The van der Waals surface area contributed by atoms with Crippen molar-refractivity contribution < 1.29 is 31.9 Å². The molecular formula is C27H27F3N2O4. The molecule has 1 aliphatic heterocycles. The number of para-hydroxylation sites is 1. The molecule has 2 aromatic carbocycles. The molecule has 1 atom stereocenters. The molecule has 0 bridgehead atoms. The van der Waals surface area contributed by atoms with Gasteiger partial charge in [0.05, 0.1) is 35.1 Å². The lowest BCUT2D eigenvalue weighted by molar-refractivity contribution is -0.137. The number of carbonyl (C=O) groups excluding carboxylic acids is 2. The highest BCUT2D eigenvalue weighted by atomic mass is 19.4. The van der Waals surface area contributed by atoms with Gasteiger partial charge in [0.25, 0.3) is 0 Å². The molecule has 9 heteroatoms. The van der Waals surface area contributed by atoms with Gasteiger partial charge in [0, 0.05) is 25.3 Å². The summed E-state index contributed by atoms with van der Waals surface area (Å²) in [6, 6.07) is 13.8. The number of ether oxygens (including phenoxy) is 1. The maximum atomic E-state index is 13.2. The van der Waals surface area contributed by atoms with Crippen molar-refractivity contribution in [1.29, 1.82) is 0 Å². The lowest BCUT2D eigenvalue weighted by Gasteiger charge is -2.26. The Bertz CT molecular complexity index is 1170. The van der Waals surface area contributed by atoms with E-state index in [1.807, 2.05) is 0 Å². The second-order valence-corrected chi connectivity index (χ2v) is 8.92. The minimum Gasteiger partial charge on any atom is -0.472 e. The van der Waals surface area contributed by atoms with Gasteiger partial charge in [-0.15, -0.1) is 0 Å². The van der Waals surface area contributed by atoms with Crippen LogP contribution in [0.1, 0.15) is 47.2 Å². The topological polar surface area (TPSA) is 80.6 Å². The van der Waals surface area contributed by atoms with E-state index in [-0.39, 0.29) is 23.9 Å². The normalized spacial score (nSPS) is 17.6. The maximum absolute atomic E-state index is 13.2. The molecule has 6 nitrogen and oxygen atoms in total. The zero-order valence-corrected chi connectivity index (χ0v) is 19.6. The number of carbonyl (C=O) groups is 2. The van der Waals surface area contributed by atoms with Crippen LogP contribution in [-0.4, -0.2) is 24.9 Å². The first-order valence-electron chi connectivity index (χ1n) is 11.7. The van der Waals surface area contributed by atoms with Crippen LogP contribution in [0.25, 0.3) is 0 Å². The molecule has 4 rings (SSSR count). The molecule has 0 aliphatic carbocycles. The third-order valence-corrected chi connectivity index (χ3v) is 6.41. The number of anilines is 2. The van der Waals surface area contributed by atoms with Crippen molar-refractivity contribution in [1.82, 2.24) is 5.32 Å². The van der Waals surface area contributed by atoms with Crippen LogP contribution >= 0.6 is 0 Å². The Labute approximate surface area is 206 Å². The van der Waals surface area contributed by atoms with Crippen molar-refractivity contribution in [2.75, 3.05) is 18.5 Å². The first-order valence-corrected chi connectivity index (χ1v) is 11.7. The van der Waals surface area contributed by atoms with Gasteiger partial charge in [-0.1, -0.05) is 24.3 Å². The summed E-state index contributed by atoms with van der Waals surface area (Å²) in [6.45, 7) is 1.07. The SMILES string of the molecule is O=C(CCCC1(C(=O)NCc2ccc(Nc3ccccc3C(F)(F)F)cc2)CCOC1)c1ccoc1. The highest BCUT2D eigenvalue weighted by Gasteiger charge is 2.41. The van der Waals surface area contributed by atoms with E-state index in [0.717, 1.165) is 11.6 Å². The molecule has 190 valence electrons. The minimum atomic E-state index is -4.46. The average molecular weight is 501 g/mol. The van der Waals surface area contributed by atoms with Gasteiger partial charge < -0.3 is 19.8 Å². The van der Waals surface area contributed by atoms with E-state index < -0.39 is 17.2 Å². The highest BCUT2D eigenvalue weighted by molar-refractivity contribution is 5.95. The molecule has 0 spiro atoms. The summed E-state index contributed by atoms with van der Waals surface area (Å²) < 4.78 is 50.1. The second kappa shape index (κ2) is 11.0. The lowest BCUT2D eigenvalue weighted by Crippen LogP contribution is -2.41. The van der Waals surface area contributed by atoms with Gasteiger partial charge in [-0.25, -0.2) is 0 Å². The van der Waals surface area contributed by atoms with E-state index in [0.29, 0.717) is 50.1 Å². The van der Waals surface area contributed by atoms with Gasteiger partial charge in [0.1, 0.15) is 6.26 Å². The molecule has 2 heterocycles. The maximum Gasteiger partial charge on any atom is 0.418 e. The molecular weight excluding hydrogens is 473 g/mol. The summed E-state index contributed by atoms with van der Waals surface area (Å²) in [7, 11) is 0. The zero-order valence-electron chi connectivity index (χ0n) is 19.6. The van der Waals surface area contributed by atoms with Crippen molar-refractivity contribution in [3.05, 3.63) is 83.8 Å². The summed E-state index contributed by atoms with van der Waals surface area (Å²) in [5.41, 5.74) is 0.389. The molecule has 0 saturated carbocycles. The fourth-order valence-corrected chi connectivity index (χ4v) is 4.32. The van der Waals surface area contributed by atoms with Crippen LogP contribution < -0.4 is 10.6 Å². The summed E-state index contributed by atoms with van der Waals surface area (Å²) in [5, 5.41) is 5.76. The molecule has 0 radical (unpaired) electrons. The molecule has 1 unspecified atom stereocenters. The van der Waals surface area contributed by atoms with Crippen LogP contribution in [0.15, 0.2) is 71.5 Å². The number of ketones is 1. The Morgan fingerprint density at radius 3 is 2.47 bits per heavy atom. The van der Waals surface area contributed by atoms with Crippen molar-refractivity contribution in [2.45, 2.75) is 38.4 Å². The number of Topliss-reactive ketones (excluding diaryl/α,β-unsaturated/α-hetero) is 1. The number of halogens is 3. The van der Waals surface area contributed by atoms with Gasteiger partial charge in [-0.3, -0.25) is 9.59 Å².